The zero-order valence-corrected chi connectivity index (χ0v) is 24.1. The van der Waals surface area contributed by atoms with Gasteiger partial charge in [-0.1, -0.05) is 67.1 Å². The van der Waals surface area contributed by atoms with Crippen molar-refractivity contribution in [3.63, 3.8) is 0 Å². The van der Waals surface area contributed by atoms with E-state index in [0.717, 1.165) is 36.0 Å². The summed E-state index contributed by atoms with van der Waals surface area (Å²) in [4.78, 5) is 28.0. The van der Waals surface area contributed by atoms with Gasteiger partial charge in [-0.25, -0.2) is 4.99 Å². The Morgan fingerprint density at radius 2 is 1.54 bits per heavy atom. The Balaban J connectivity index is 1.34. The van der Waals surface area contributed by atoms with Crippen LogP contribution in [0.4, 0.5) is 11.4 Å². The highest BCUT2D eigenvalue weighted by Gasteiger charge is 2.35. The molecular formula is C34H41N5O2. The average molecular weight is 552 g/mol. The molecule has 2 saturated heterocycles. The summed E-state index contributed by atoms with van der Waals surface area (Å²) < 4.78 is 5.53. The van der Waals surface area contributed by atoms with Crippen LogP contribution < -0.4 is 4.90 Å². The second kappa shape index (κ2) is 12.9. The summed E-state index contributed by atoms with van der Waals surface area (Å²) in [5.41, 5.74) is 5.44. The number of ether oxygens (including phenoxy) is 1. The van der Waals surface area contributed by atoms with Gasteiger partial charge < -0.3 is 24.3 Å². The molecule has 214 valence electrons. The second-order valence-electron chi connectivity index (χ2n) is 11.3. The van der Waals surface area contributed by atoms with Crippen molar-refractivity contribution in [2.24, 2.45) is 4.99 Å². The largest absolute Gasteiger partial charge is 0.378 e. The van der Waals surface area contributed by atoms with Gasteiger partial charge in [-0.15, -0.1) is 0 Å². The summed E-state index contributed by atoms with van der Waals surface area (Å²) in [6.45, 7) is 6.73. The molecule has 0 radical (unpaired) electrons. The summed E-state index contributed by atoms with van der Waals surface area (Å²) in [5, 5.41) is 0. The van der Waals surface area contributed by atoms with Crippen LogP contribution in [0.15, 0.2) is 83.9 Å². The van der Waals surface area contributed by atoms with Gasteiger partial charge in [-0.2, -0.15) is 0 Å². The Kier molecular flexibility index (Phi) is 8.63. The van der Waals surface area contributed by atoms with Gasteiger partial charge in [-0.05, 0) is 55.3 Å². The SMILES string of the molecule is CN(CCN1CCCCC1)C1=Nc2ccccc2C(CC(=O)N2CCOCC2)N1c1ccc(-c2ccccc2)cc1. The van der Waals surface area contributed by atoms with Crippen LogP contribution in [0.1, 0.15) is 37.3 Å². The molecular weight excluding hydrogens is 510 g/mol. The van der Waals surface area contributed by atoms with Crippen LogP contribution in [0.3, 0.4) is 0 Å². The number of hydrogen-bond donors (Lipinski definition) is 0. The third-order valence-electron chi connectivity index (χ3n) is 8.57. The van der Waals surface area contributed by atoms with E-state index in [1.54, 1.807) is 0 Å². The third kappa shape index (κ3) is 6.31. The van der Waals surface area contributed by atoms with Crippen molar-refractivity contribution >= 4 is 23.2 Å². The lowest BCUT2D eigenvalue weighted by molar-refractivity contribution is -0.135. The second-order valence-corrected chi connectivity index (χ2v) is 11.3. The number of para-hydroxylation sites is 1. The zero-order chi connectivity index (χ0) is 28.0. The Bertz CT molecular complexity index is 1330. The van der Waals surface area contributed by atoms with E-state index < -0.39 is 0 Å². The number of likely N-dealkylation sites (tertiary alicyclic amines) is 1. The van der Waals surface area contributed by atoms with Crippen molar-refractivity contribution in [2.75, 3.05) is 64.4 Å². The van der Waals surface area contributed by atoms with Gasteiger partial charge in [0.05, 0.1) is 31.4 Å². The number of morpholine rings is 1. The number of likely N-dealkylation sites (N-methyl/N-ethyl adjacent to an activating group) is 1. The minimum absolute atomic E-state index is 0.158. The van der Waals surface area contributed by atoms with Gasteiger partial charge >= 0.3 is 0 Å². The molecule has 0 aliphatic carbocycles. The van der Waals surface area contributed by atoms with E-state index in [0.29, 0.717) is 32.7 Å². The summed E-state index contributed by atoms with van der Waals surface area (Å²) in [5.74, 6) is 1.06. The fourth-order valence-corrected chi connectivity index (χ4v) is 6.20. The Morgan fingerprint density at radius 3 is 2.29 bits per heavy atom. The molecule has 1 atom stereocenters. The molecule has 3 heterocycles. The lowest BCUT2D eigenvalue weighted by Gasteiger charge is -2.42. The van der Waals surface area contributed by atoms with Crippen molar-refractivity contribution < 1.29 is 9.53 Å². The molecule has 0 spiro atoms. The highest BCUT2D eigenvalue weighted by molar-refractivity contribution is 6.01. The van der Waals surface area contributed by atoms with E-state index in [1.807, 2.05) is 17.0 Å². The van der Waals surface area contributed by atoms with Gasteiger partial charge in [-0.3, -0.25) is 4.79 Å². The molecule has 0 N–H and O–H groups in total. The van der Waals surface area contributed by atoms with Crippen LogP contribution in [0.5, 0.6) is 0 Å². The molecule has 0 aromatic heterocycles. The number of benzene rings is 3. The lowest BCUT2D eigenvalue weighted by Crippen LogP contribution is -2.50. The monoisotopic (exact) mass is 551 g/mol. The molecule has 3 aliphatic rings. The molecule has 41 heavy (non-hydrogen) atoms. The smallest absolute Gasteiger partial charge is 0.225 e. The van der Waals surface area contributed by atoms with Crippen LogP contribution in [-0.4, -0.2) is 86.1 Å². The number of anilines is 1. The molecule has 1 amide bonds. The zero-order valence-electron chi connectivity index (χ0n) is 24.1. The molecule has 0 bridgehead atoms. The third-order valence-corrected chi connectivity index (χ3v) is 8.57. The fraction of sp³-hybridized carbons (Fsp3) is 0.412. The molecule has 3 aliphatic heterocycles. The predicted octanol–water partition coefficient (Wildman–Crippen LogP) is 5.57. The van der Waals surface area contributed by atoms with Crippen molar-refractivity contribution in [1.29, 1.82) is 0 Å². The Labute approximate surface area is 244 Å². The number of nitrogens with zero attached hydrogens (tertiary/aromatic N) is 5. The molecule has 7 nitrogen and oxygen atoms in total. The topological polar surface area (TPSA) is 51.6 Å². The minimum Gasteiger partial charge on any atom is -0.378 e. The van der Waals surface area contributed by atoms with E-state index in [1.165, 1.54) is 43.5 Å². The van der Waals surface area contributed by atoms with Gasteiger partial charge in [0.1, 0.15) is 0 Å². The number of piperidine rings is 1. The maximum atomic E-state index is 13.7. The van der Waals surface area contributed by atoms with Crippen LogP contribution in [-0.2, 0) is 9.53 Å². The van der Waals surface area contributed by atoms with Gasteiger partial charge in [0.2, 0.25) is 11.9 Å². The maximum Gasteiger partial charge on any atom is 0.225 e. The number of fused-ring (bicyclic) bond motifs is 1. The van der Waals surface area contributed by atoms with Crippen LogP contribution >= 0.6 is 0 Å². The summed E-state index contributed by atoms with van der Waals surface area (Å²) >= 11 is 0. The molecule has 3 aromatic carbocycles. The van der Waals surface area contributed by atoms with Crippen LogP contribution in [0.2, 0.25) is 0 Å². The summed E-state index contributed by atoms with van der Waals surface area (Å²) in [6.07, 6.45) is 4.28. The van der Waals surface area contributed by atoms with Gasteiger partial charge in [0.25, 0.3) is 0 Å². The molecule has 1 unspecified atom stereocenters. The molecule has 6 rings (SSSR count). The van der Waals surface area contributed by atoms with Crippen molar-refractivity contribution in [3.8, 4) is 11.1 Å². The predicted molar refractivity (Wildman–Crippen MR) is 166 cm³/mol. The van der Waals surface area contributed by atoms with E-state index in [4.69, 9.17) is 9.73 Å². The Hall–Kier alpha value is -3.68. The lowest BCUT2D eigenvalue weighted by atomic mass is 9.96. The van der Waals surface area contributed by atoms with Crippen molar-refractivity contribution in [1.82, 2.24) is 14.7 Å². The minimum atomic E-state index is -0.158. The van der Waals surface area contributed by atoms with Crippen molar-refractivity contribution in [2.45, 2.75) is 31.7 Å². The van der Waals surface area contributed by atoms with E-state index >= 15 is 0 Å². The molecule has 0 saturated carbocycles. The highest BCUT2D eigenvalue weighted by atomic mass is 16.5. The molecule has 3 aromatic rings. The van der Waals surface area contributed by atoms with Crippen LogP contribution in [0.25, 0.3) is 11.1 Å². The van der Waals surface area contributed by atoms with Crippen LogP contribution in [0, 0.1) is 0 Å². The first kappa shape index (κ1) is 27.5. The summed E-state index contributed by atoms with van der Waals surface area (Å²) in [6, 6.07) is 27.3. The number of rotatable bonds is 7. The molecule has 2 fully saturated rings. The first-order chi connectivity index (χ1) is 20.2. The molecule has 7 heteroatoms. The fourth-order valence-electron chi connectivity index (χ4n) is 6.20. The number of aliphatic imine (C=N–C) groups is 1. The van der Waals surface area contributed by atoms with E-state index in [2.05, 4.69) is 88.5 Å². The van der Waals surface area contributed by atoms with Gasteiger partial charge in [0, 0.05) is 44.5 Å². The first-order valence-corrected chi connectivity index (χ1v) is 15.1. The average Bonchev–Trinajstić information content (AvgIpc) is 3.05. The number of hydrogen-bond acceptors (Lipinski definition) is 6. The maximum absolute atomic E-state index is 13.7. The number of guanidine groups is 1. The number of carbonyl (C=O) groups is 1. The first-order valence-electron chi connectivity index (χ1n) is 15.1. The number of amides is 1. The summed E-state index contributed by atoms with van der Waals surface area (Å²) in [7, 11) is 2.14. The standard InChI is InChI=1S/C34H41N5O2/c1-36(20-21-37-18-8-3-9-19-37)34-35-31-13-7-6-12-30(31)32(26-33(40)38-22-24-41-25-23-38)39(34)29-16-14-28(15-17-29)27-10-4-2-5-11-27/h2,4-7,10-17,32H,3,8-9,18-26H2,1H3. The number of carbonyl (C=O) groups excluding carboxylic acids is 1. The van der Waals surface area contributed by atoms with Gasteiger partial charge in [0.15, 0.2) is 0 Å². The highest BCUT2D eigenvalue weighted by Crippen LogP contribution is 2.41. The van der Waals surface area contributed by atoms with Crippen molar-refractivity contribution in [3.05, 3.63) is 84.4 Å². The normalized spacial score (nSPS) is 19.4. The Morgan fingerprint density at radius 1 is 0.854 bits per heavy atom. The quantitative estimate of drug-likeness (QED) is 0.384. The van der Waals surface area contributed by atoms with E-state index in [9.17, 15) is 4.79 Å². The van der Waals surface area contributed by atoms with E-state index in [-0.39, 0.29) is 11.9 Å².